The van der Waals surface area contributed by atoms with Crippen molar-refractivity contribution in [1.29, 1.82) is 0 Å². The number of rotatable bonds is 4. The molecule has 1 aliphatic rings. The fourth-order valence-electron chi connectivity index (χ4n) is 1.53. The van der Waals surface area contributed by atoms with Crippen LogP contribution < -0.4 is 11.1 Å². The molecular weight excluding hydrogens is 209 g/mol. The molecule has 0 bridgehead atoms. The molecule has 0 unspecified atom stereocenters. The molecule has 0 saturated heterocycles. The van der Waals surface area contributed by atoms with Gasteiger partial charge in [-0.05, 0) is 17.7 Å². The van der Waals surface area contributed by atoms with Gasteiger partial charge in [0.05, 0.1) is 0 Å². The summed E-state index contributed by atoms with van der Waals surface area (Å²) < 4.78 is 17.7. The number of hydrogen-bond donors (Lipinski definition) is 2. The molecule has 3 N–H and O–H groups in total. The van der Waals surface area contributed by atoms with Crippen LogP contribution in [0.5, 0.6) is 0 Å². The lowest BCUT2D eigenvalue weighted by Crippen LogP contribution is -2.26. The van der Waals surface area contributed by atoms with Crippen molar-refractivity contribution < 1.29 is 9.13 Å². The molecule has 0 fully saturated rings. The number of amidine groups is 1. The normalized spacial score (nSPS) is 19.3. The maximum absolute atomic E-state index is 12.6. The number of aliphatic imine (C=N–C) groups is 1. The Labute approximate surface area is 93.3 Å². The maximum atomic E-state index is 12.6. The third-order valence-electron chi connectivity index (χ3n) is 2.36. The lowest BCUT2D eigenvalue weighted by molar-refractivity contribution is 0.309. The van der Waals surface area contributed by atoms with Crippen molar-refractivity contribution in [3.63, 3.8) is 0 Å². The van der Waals surface area contributed by atoms with Gasteiger partial charge >= 0.3 is 0 Å². The van der Waals surface area contributed by atoms with E-state index in [0.29, 0.717) is 19.7 Å². The second-order valence-electron chi connectivity index (χ2n) is 3.69. The highest BCUT2D eigenvalue weighted by atomic mass is 19.1. The minimum atomic E-state index is -0.217. The maximum Gasteiger partial charge on any atom is 0.282 e. The average molecular weight is 223 g/mol. The van der Waals surface area contributed by atoms with Crippen LogP contribution in [0.4, 0.5) is 4.39 Å². The summed E-state index contributed by atoms with van der Waals surface area (Å²) in [6.07, 6.45) is 0. The van der Waals surface area contributed by atoms with E-state index in [1.807, 2.05) is 0 Å². The van der Waals surface area contributed by atoms with Crippen LogP contribution >= 0.6 is 0 Å². The summed E-state index contributed by atoms with van der Waals surface area (Å²) >= 11 is 0. The highest BCUT2D eigenvalue weighted by molar-refractivity contribution is 5.73. The van der Waals surface area contributed by atoms with Crippen molar-refractivity contribution in [3.05, 3.63) is 35.6 Å². The standard InChI is InChI=1S/C11H14FN3O/c12-9-3-1-8(2-4-9)5-14-6-10-7-16-11(13)15-10/h1-4,10,14H,5-7H2,(H2,13,15)/t10-/m0/s1. The van der Waals surface area contributed by atoms with Crippen LogP contribution in [0, 0.1) is 5.82 Å². The van der Waals surface area contributed by atoms with E-state index in [2.05, 4.69) is 10.3 Å². The molecule has 1 aliphatic heterocycles. The predicted molar refractivity (Wildman–Crippen MR) is 59.5 cm³/mol. The Kier molecular flexibility index (Phi) is 3.36. The molecule has 0 spiro atoms. The number of halogens is 1. The highest BCUT2D eigenvalue weighted by Crippen LogP contribution is 2.03. The predicted octanol–water partition coefficient (Wildman–Crippen LogP) is 0.629. The molecule has 0 amide bonds. The van der Waals surface area contributed by atoms with E-state index in [1.165, 1.54) is 12.1 Å². The van der Waals surface area contributed by atoms with Crippen LogP contribution in [-0.4, -0.2) is 25.2 Å². The first-order valence-corrected chi connectivity index (χ1v) is 5.15. The van der Waals surface area contributed by atoms with Crippen molar-refractivity contribution in [2.24, 2.45) is 10.7 Å². The summed E-state index contributed by atoms with van der Waals surface area (Å²) in [7, 11) is 0. The molecule has 0 aromatic heterocycles. The van der Waals surface area contributed by atoms with Crippen LogP contribution in [-0.2, 0) is 11.3 Å². The molecule has 16 heavy (non-hydrogen) atoms. The third-order valence-corrected chi connectivity index (χ3v) is 2.36. The molecule has 2 rings (SSSR count). The number of benzene rings is 1. The number of nitrogens with one attached hydrogen (secondary N) is 1. The van der Waals surface area contributed by atoms with Gasteiger partial charge in [0.25, 0.3) is 6.02 Å². The first kappa shape index (κ1) is 10.9. The van der Waals surface area contributed by atoms with Crippen molar-refractivity contribution in [1.82, 2.24) is 5.32 Å². The summed E-state index contributed by atoms with van der Waals surface area (Å²) in [4.78, 5) is 4.08. The van der Waals surface area contributed by atoms with Gasteiger partial charge in [-0.1, -0.05) is 12.1 Å². The zero-order chi connectivity index (χ0) is 11.4. The minimum Gasteiger partial charge on any atom is -0.463 e. The van der Waals surface area contributed by atoms with Gasteiger partial charge in [0.2, 0.25) is 0 Å². The molecule has 1 aromatic carbocycles. The van der Waals surface area contributed by atoms with Crippen LogP contribution in [0.3, 0.4) is 0 Å². The summed E-state index contributed by atoms with van der Waals surface area (Å²) in [5, 5.41) is 3.22. The molecular formula is C11H14FN3O. The van der Waals surface area contributed by atoms with E-state index in [-0.39, 0.29) is 17.9 Å². The number of nitrogens with zero attached hydrogens (tertiary/aromatic N) is 1. The van der Waals surface area contributed by atoms with E-state index >= 15 is 0 Å². The van der Waals surface area contributed by atoms with Gasteiger partial charge in [-0.3, -0.25) is 0 Å². The second kappa shape index (κ2) is 4.94. The SMILES string of the molecule is NC1=N[C@@H](CNCc2ccc(F)cc2)CO1. The third kappa shape index (κ3) is 2.93. The lowest BCUT2D eigenvalue weighted by atomic mass is 10.2. The van der Waals surface area contributed by atoms with E-state index in [9.17, 15) is 4.39 Å². The Hall–Kier alpha value is -1.62. The van der Waals surface area contributed by atoms with Crippen molar-refractivity contribution in [2.75, 3.05) is 13.2 Å². The van der Waals surface area contributed by atoms with Gasteiger partial charge in [0.1, 0.15) is 18.5 Å². The van der Waals surface area contributed by atoms with Gasteiger partial charge in [-0.15, -0.1) is 0 Å². The summed E-state index contributed by atoms with van der Waals surface area (Å²) in [5.41, 5.74) is 6.42. The molecule has 4 nitrogen and oxygen atoms in total. The van der Waals surface area contributed by atoms with Crippen molar-refractivity contribution >= 4 is 6.02 Å². The number of ether oxygens (including phenoxy) is 1. The topological polar surface area (TPSA) is 59.6 Å². The Bertz CT molecular complexity index is 377. The number of nitrogens with two attached hydrogens (primary N) is 1. The van der Waals surface area contributed by atoms with E-state index < -0.39 is 0 Å². The first-order chi connectivity index (χ1) is 7.74. The fourth-order valence-corrected chi connectivity index (χ4v) is 1.53. The van der Waals surface area contributed by atoms with Gasteiger partial charge in [-0.2, -0.15) is 0 Å². The van der Waals surface area contributed by atoms with E-state index in [4.69, 9.17) is 10.5 Å². The van der Waals surface area contributed by atoms with Gasteiger partial charge < -0.3 is 15.8 Å². The van der Waals surface area contributed by atoms with E-state index in [1.54, 1.807) is 12.1 Å². The highest BCUT2D eigenvalue weighted by Gasteiger charge is 2.15. The molecule has 0 aliphatic carbocycles. The Morgan fingerprint density at radius 3 is 2.81 bits per heavy atom. The van der Waals surface area contributed by atoms with Crippen LogP contribution in [0.25, 0.3) is 0 Å². The van der Waals surface area contributed by atoms with Crippen LogP contribution in [0.15, 0.2) is 29.3 Å². The quantitative estimate of drug-likeness (QED) is 0.787. The molecule has 5 heteroatoms. The molecule has 0 saturated carbocycles. The Balaban J connectivity index is 1.74. The molecule has 1 aromatic rings. The van der Waals surface area contributed by atoms with Gasteiger partial charge in [-0.25, -0.2) is 9.38 Å². The summed E-state index contributed by atoms with van der Waals surface area (Å²) in [6.45, 7) is 1.92. The molecule has 0 radical (unpaired) electrons. The smallest absolute Gasteiger partial charge is 0.282 e. The fraction of sp³-hybridized carbons (Fsp3) is 0.364. The van der Waals surface area contributed by atoms with Crippen LogP contribution in [0.2, 0.25) is 0 Å². The Morgan fingerprint density at radius 2 is 2.19 bits per heavy atom. The molecule has 86 valence electrons. The van der Waals surface area contributed by atoms with Crippen molar-refractivity contribution in [3.8, 4) is 0 Å². The zero-order valence-electron chi connectivity index (χ0n) is 8.82. The lowest BCUT2D eigenvalue weighted by Gasteiger charge is -2.07. The minimum absolute atomic E-state index is 0.0837. The largest absolute Gasteiger partial charge is 0.463 e. The van der Waals surface area contributed by atoms with Gasteiger partial charge in [0, 0.05) is 13.1 Å². The average Bonchev–Trinajstić information content (AvgIpc) is 2.67. The molecule has 1 atom stereocenters. The Morgan fingerprint density at radius 1 is 1.44 bits per heavy atom. The summed E-state index contributed by atoms with van der Waals surface area (Å²) in [5.74, 6) is -0.217. The van der Waals surface area contributed by atoms with E-state index in [0.717, 1.165) is 5.56 Å². The van der Waals surface area contributed by atoms with Crippen molar-refractivity contribution in [2.45, 2.75) is 12.6 Å². The molecule has 1 heterocycles. The number of hydrogen-bond acceptors (Lipinski definition) is 4. The second-order valence-corrected chi connectivity index (χ2v) is 3.69. The first-order valence-electron chi connectivity index (χ1n) is 5.15. The monoisotopic (exact) mass is 223 g/mol. The van der Waals surface area contributed by atoms with Gasteiger partial charge in [0.15, 0.2) is 0 Å². The zero-order valence-corrected chi connectivity index (χ0v) is 8.82. The van der Waals surface area contributed by atoms with Crippen LogP contribution in [0.1, 0.15) is 5.56 Å². The summed E-state index contributed by atoms with van der Waals surface area (Å²) in [6, 6.07) is 6.75.